The second kappa shape index (κ2) is 7.45. The fourth-order valence-corrected chi connectivity index (χ4v) is 2.41. The Balaban J connectivity index is 2.10. The number of rotatable bonds is 7. The number of nitrogens with one attached hydrogen (secondary N) is 2. The fraction of sp³-hybridized carbons (Fsp3) is 0.214. The molecule has 0 bridgehead atoms. The Morgan fingerprint density at radius 1 is 1.30 bits per heavy atom. The Morgan fingerprint density at radius 2 is 2.09 bits per heavy atom. The zero-order valence-electron chi connectivity index (χ0n) is 12.6. The number of benzene rings is 1. The monoisotopic (exact) mass is 336 g/mol. The van der Waals surface area contributed by atoms with Crippen molar-refractivity contribution in [3.63, 3.8) is 0 Å². The molecular formula is C14H16N4O4S. The number of anilines is 2. The molecule has 0 radical (unpaired) electrons. The molecule has 0 unspecified atom stereocenters. The Labute approximate surface area is 136 Å². The molecule has 122 valence electrons. The van der Waals surface area contributed by atoms with Gasteiger partial charge in [-0.1, -0.05) is 0 Å². The van der Waals surface area contributed by atoms with Gasteiger partial charge in [-0.25, -0.2) is 4.98 Å². The third-order valence-electron chi connectivity index (χ3n) is 2.81. The second-order valence-electron chi connectivity index (χ2n) is 4.38. The summed E-state index contributed by atoms with van der Waals surface area (Å²) in [6.45, 7) is -0.231. The lowest BCUT2D eigenvalue weighted by Crippen LogP contribution is -2.33. The summed E-state index contributed by atoms with van der Waals surface area (Å²) in [6, 6.07) is 5.29. The van der Waals surface area contributed by atoms with E-state index < -0.39 is 11.8 Å². The van der Waals surface area contributed by atoms with Gasteiger partial charge in [0.15, 0.2) is 5.13 Å². The lowest BCUT2D eigenvalue weighted by atomic mass is 10.3. The second-order valence-corrected chi connectivity index (χ2v) is 5.24. The average Bonchev–Trinajstić information content (AvgIpc) is 3.01. The van der Waals surface area contributed by atoms with E-state index in [0.29, 0.717) is 22.3 Å². The highest BCUT2D eigenvalue weighted by molar-refractivity contribution is 7.14. The van der Waals surface area contributed by atoms with E-state index in [1.54, 1.807) is 37.8 Å². The zero-order chi connectivity index (χ0) is 16.8. The number of nitrogens with two attached hydrogens (primary N) is 1. The van der Waals surface area contributed by atoms with Crippen molar-refractivity contribution in [2.24, 2.45) is 5.73 Å². The third-order valence-corrected chi connectivity index (χ3v) is 3.57. The minimum Gasteiger partial charge on any atom is -0.497 e. The van der Waals surface area contributed by atoms with Crippen LogP contribution in [0.25, 0.3) is 0 Å². The molecule has 0 fully saturated rings. The molecule has 1 aromatic carbocycles. The maximum atomic E-state index is 11.8. The number of hydrogen-bond acceptors (Lipinski definition) is 7. The third kappa shape index (κ3) is 4.33. The van der Waals surface area contributed by atoms with Crippen molar-refractivity contribution < 1.29 is 19.1 Å². The van der Waals surface area contributed by atoms with Gasteiger partial charge < -0.3 is 25.8 Å². The normalized spacial score (nSPS) is 10.0. The summed E-state index contributed by atoms with van der Waals surface area (Å²) < 4.78 is 10.4. The number of amides is 2. The molecule has 0 aliphatic heterocycles. The van der Waals surface area contributed by atoms with Crippen LogP contribution in [0.4, 0.5) is 10.8 Å². The van der Waals surface area contributed by atoms with Gasteiger partial charge in [0.1, 0.15) is 17.2 Å². The van der Waals surface area contributed by atoms with E-state index in [1.807, 2.05) is 0 Å². The van der Waals surface area contributed by atoms with Crippen molar-refractivity contribution in [2.75, 3.05) is 26.1 Å². The largest absolute Gasteiger partial charge is 0.497 e. The van der Waals surface area contributed by atoms with Crippen molar-refractivity contribution in [1.82, 2.24) is 10.3 Å². The number of nitrogens with zero attached hydrogens (tertiary/aromatic N) is 1. The number of thiazole rings is 1. The van der Waals surface area contributed by atoms with E-state index in [-0.39, 0.29) is 12.2 Å². The van der Waals surface area contributed by atoms with Crippen LogP contribution in [0.3, 0.4) is 0 Å². The maximum absolute atomic E-state index is 11.8. The van der Waals surface area contributed by atoms with Gasteiger partial charge in [0.2, 0.25) is 5.91 Å². The van der Waals surface area contributed by atoms with Crippen LogP contribution in [0.2, 0.25) is 0 Å². The molecular weight excluding hydrogens is 320 g/mol. The molecule has 0 saturated carbocycles. The van der Waals surface area contributed by atoms with Crippen molar-refractivity contribution in [2.45, 2.75) is 0 Å². The topological polar surface area (TPSA) is 116 Å². The Bertz CT molecular complexity index is 717. The highest BCUT2D eigenvalue weighted by Gasteiger charge is 2.13. The summed E-state index contributed by atoms with van der Waals surface area (Å²) in [6.07, 6.45) is 0. The van der Waals surface area contributed by atoms with Crippen LogP contribution in [-0.2, 0) is 4.79 Å². The van der Waals surface area contributed by atoms with Gasteiger partial charge in [-0.2, -0.15) is 0 Å². The van der Waals surface area contributed by atoms with Gasteiger partial charge in [-0.05, 0) is 12.1 Å². The SMILES string of the molecule is COc1ccc(Nc2nc(C(=O)NCC(N)=O)cs2)c(OC)c1. The number of carbonyl (C=O) groups excluding carboxylic acids is 2. The van der Waals surface area contributed by atoms with Crippen LogP contribution in [0.5, 0.6) is 11.5 Å². The summed E-state index contributed by atoms with van der Waals surface area (Å²) >= 11 is 1.25. The van der Waals surface area contributed by atoms with Crippen LogP contribution in [0, 0.1) is 0 Å². The molecule has 1 heterocycles. The number of primary amides is 1. The number of carbonyl (C=O) groups is 2. The van der Waals surface area contributed by atoms with E-state index >= 15 is 0 Å². The summed E-state index contributed by atoms with van der Waals surface area (Å²) in [5.74, 6) is 0.169. The van der Waals surface area contributed by atoms with E-state index in [9.17, 15) is 9.59 Å². The molecule has 2 aromatic rings. The number of hydrogen-bond donors (Lipinski definition) is 3. The predicted molar refractivity (Wildman–Crippen MR) is 86.5 cm³/mol. The van der Waals surface area contributed by atoms with Crippen molar-refractivity contribution in [3.8, 4) is 11.5 Å². The molecule has 2 amide bonds. The van der Waals surface area contributed by atoms with E-state index in [4.69, 9.17) is 15.2 Å². The highest BCUT2D eigenvalue weighted by Crippen LogP contribution is 2.32. The smallest absolute Gasteiger partial charge is 0.271 e. The molecule has 4 N–H and O–H groups in total. The van der Waals surface area contributed by atoms with Crippen molar-refractivity contribution >= 4 is 34.0 Å². The first-order valence-electron chi connectivity index (χ1n) is 6.54. The quantitative estimate of drug-likeness (QED) is 0.698. The molecule has 23 heavy (non-hydrogen) atoms. The zero-order valence-corrected chi connectivity index (χ0v) is 13.4. The van der Waals surface area contributed by atoms with Crippen molar-refractivity contribution in [3.05, 3.63) is 29.3 Å². The number of methoxy groups -OCH3 is 2. The highest BCUT2D eigenvalue weighted by atomic mass is 32.1. The molecule has 0 aliphatic rings. The van der Waals surface area contributed by atoms with E-state index in [1.165, 1.54) is 11.3 Å². The minimum atomic E-state index is -0.616. The fourth-order valence-electron chi connectivity index (χ4n) is 1.71. The maximum Gasteiger partial charge on any atom is 0.271 e. The first-order valence-corrected chi connectivity index (χ1v) is 7.42. The van der Waals surface area contributed by atoms with Gasteiger partial charge in [-0.3, -0.25) is 9.59 Å². The van der Waals surface area contributed by atoms with Gasteiger partial charge in [0, 0.05) is 11.4 Å². The van der Waals surface area contributed by atoms with Crippen LogP contribution < -0.4 is 25.8 Å². The first-order chi connectivity index (χ1) is 11.0. The average molecular weight is 336 g/mol. The molecule has 0 atom stereocenters. The Morgan fingerprint density at radius 3 is 2.74 bits per heavy atom. The van der Waals surface area contributed by atoms with Crippen LogP contribution in [0.15, 0.2) is 23.6 Å². The summed E-state index contributed by atoms with van der Waals surface area (Å²) in [5.41, 5.74) is 5.86. The number of ether oxygens (including phenoxy) is 2. The van der Waals surface area contributed by atoms with Crippen LogP contribution >= 0.6 is 11.3 Å². The molecule has 1 aromatic heterocycles. The summed E-state index contributed by atoms with van der Waals surface area (Å²) in [4.78, 5) is 26.6. The van der Waals surface area contributed by atoms with Crippen LogP contribution in [0.1, 0.15) is 10.5 Å². The van der Waals surface area contributed by atoms with Gasteiger partial charge in [0.25, 0.3) is 5.91 Å². The van der Waals surface area contributed by atoms with Gasteiger partial charge in [-0.15, -0.1) is 11.3 Å². The van der Waals surface area contributed by atoms with Gasteiger partial charge >= 0.3 is 0 Å². The Hall–Kier alpha value is -2.81. The molecule has 8 nitrogen and oxygen atoms in total. The van der Waals surface area contributed by atoms with Crippen LogP contribution in [-0.4, -0.2) is 37.6 Å². The predicted octanol–water partition coefficient (Wildman–Crippen LogP) is 1.12. The first kappa shape index (κ1) is 16.6. The summed E-state index contributed by atoms with van der Waals surface area (Å²) in [5, 5.41) is 7.53. The van der Waals surface area contributed by atoms with Gasteiger partial charge in [0.05, 0.1) is 26.5 Å². The lowest BCUT2D eigenvalue weighted by Gasteiger charge is -2.10. The lowest BCUT2D eigenvalue weighted by molar-refractivity contribution is -0.117. The van der Waals surface area contributed by atoms with Crippen molar-refractivity contribution in [1.29, 1.82) is 0 Å². The standard InChI is InChI=1S/C14H16N4O4S/c1-21-8-3-4-9(11(5-8)22-2)17-14-18-10(7-23-14)13(20)16-6-12(15)19/h3-5,7H,6H2,1-2H3,(H2,15,19)(H,16,20)(H,17,18). The summed E-state index contributed by atoms with van der Waals surface area (Å²) in [7, 11) is 3.12. The number of aromatic nitrogens is 1. The minimum absolute atomic E-state index is 0.200. The van der Waals surface area contributed by atoms with E-state index in [2.05, 4.69) is 15.6 Å². The van der Waals surface area contributed by atoms with E-state index in [0.717, 1.165) is 0 Å². The molecule has 0 aliphatic carbocycles. The Kier molecular flexibility index (Phi) is 5.36. The molecule has 0 spiro atoms. The molecule has 9 heteroatoms. The molecule has 2 rings (SSSR count). The molecule has 0 saturated heterocycles.